The van der Waals surface area contributed by atoms with Gasteiger partial charge < -0.3 is 14.0 Å². The molecule has 0 bridgehead atoms. The van der Waals surface area contributed by atoms with Crippen LogP contribution in [0.15, 0.2) is 127 Å². The molecule has 0 saturated carbocycles. The monoisotopic (exact) mass is 625 g/mol. The molecule has 0 fully saturated rings. The fourth-order valence-corrected chi connectivity index (χ4v) is 7.98. The molecule has 1 aliphatic heterocycles. The summed E-state index contributed by atoms with van der Waals surface area (Å²) >= 11 is 0. The highest BCUT2D eigenvalue weighted by atomic mass is 16.6. The van der Waals surface area contributed by atoms with Crippen LogP contribution in [0.5, 0.6) is 23.0 Å². The van der Waals surface area contributed by atoms with Crippen molar-refractivity contribution in [2.45, 2.75) is 44.9 Å². The second kappa shape index (κ2) is 10.7. The van der Waals surface area contributed by atoms with Crippen LogP contribution in [0.25, 0.3) is 27.5 Å². The van der Waals surface area contributed by atoms with Crippen LogP contribution in [-0.2, 0) is 11.8 Å². The first-order chi connectivity index (χ1) is 23.4. The van der Waals surface area contributed by atoms with Crippen molar-refractivity contribution in [3.63, 3.8) is 0 Å². The number of ketones is 1. The highest BCUT2D eigenvalue weighted by Gasteiger charge is 2.35. The van der Waals surface area contributed by atoms with E-state index >= 15 is 0 Å². The molecule has 7 aromatic rings. The summed E-state index contributed by atoms with van der Waals surface area (Å²) < 4.78 is 15.1. The van der Waals surface area contributed by atoms with Gasteiger partial charge in [-0.1, -0.05) is 87.5 Å². The Morgan fingerprint density at radius 1 is 0.667 bits per heavy atom. The van der Waals surface area contributed by atoms with Gasteiger partial charge in [0, 0.05) is 39.1 Å². The van der Waals surface area contributed by atoms with Crippen molar-refractivity contribution in [3.8, 4) is 28.7 Å². The summed E-state index contributed by atoms with van der Waals surface area (Å²) in [5, 5.41) is 2.26. The summed E-state index contributed by atoms with van der Waals surface area (Å²) in [6.07, 6.45) is 2.05. The Morgan fingerprint density at radius 2 is 1.27 bits per heavy atom. The standard InChI is InChI=1S/C44H35NO3/c1-4-27-22-30-23-37-33(24-36(30)44(2,3)35-15-9-8-14-32(27)35)34-25-41-42(48-40-17-11-10-16-39(40)47-41)26-38(34)45(37)31-20-18-29(19-21-31)43(46)28-12-6-5-7-13-28/h5-21,23-27H,4,22H2,1-3H3. The number of rotatable bonds is 4. The van der Waals surface area contributed by atoms with Crippen LogP contribution in [-0.4, -0.2) is 10.4 Å². The molecule has 4 nitrogen and oxygen atoms in total. The molecular formula is C44H35NO3. The van der Waals surface area contributed by atoms with E-state index in [0.29, 0.717) is 40.0 Å². The zero-order valence-corrected chi connectivity index (χ0v) is 27.3. The predicted molar refractivity (Wildman–Crippen MR) is 193 cm³/mol. The Bertz CT molecular complexity index is 2400. The summed E-state index contributed by atoms with van der Waals surface area (Å²) in [5.41, 5.74) is 9.91. The first-order valence-corrected chi connectivity index (χ1v) is 16.8. The van der Waals surface area contributed by atoms with E-state index in [9.17, 15) is 4.79 Å². The van der Waals surface area contributed by atoms with Gasteiger partial charge in [-0.25, -0.2) is 0 Å². The number of benzene rings is 6. The molecule has 1 atom stereocenters. The first kappa shape index (κ1) is 28.6. The Kier molecular flexibility index (Phi) is 6.38. The van der Waals surface area contributed by atoms with E-state index in [-0.39, 0.29) is 11.2 Å². The van der Waals surface area contributed by atoms with Crippen molar-refractivity contribution in [2.75, 3.05) is 0 Å². The molecule has 234 valence electrons. The smallest absolute Gasteiger partial charge is 0.193 e. The van der Waals surface area contributed by atoms with Gasteiger partial charge in [0.2, 0.25) is 0 Å². The Hall–Kier alpha value is -5.61. The molecule has 1 unspecified atom stereocenters. The van der Waals surface area contributed by atoms with E-state index in [1.54, 1.807) is 0 Å². The number of fused-ring (bicyclic) bond motifs is 7. The molecule has 0 radical (unpaired) electrons. The first-order valence-electron chi connectivity index (χ1n) is 16.8. The maximum Gasteiger partial charge on any atom is 0.193 e. The number of hydrogen-bond acceptors (Lipinski definition) is 3. The van der Waals surface area contributed by atoms with Gasteiger partial charge in [0.25, 0.3) is 0 Å². The third kappa shape index (κ3) is 4.32. The van der Waals surface area contributed by atoms with Crippen LogP contribution in [0.3, 0.4) is 0 Å². The molecule has 1 aromatic heterocycles. The molecule has 0 spiro atoms. The SMILES string of the molecule is CCC1Cc2cc3c(cc2C(C)(C)c2ccccc21)c1cc2c(cc1n3-c1ccc(C(=O)c3ccccc3)cc1)Oc1ccccc1O2. The van der Waals surface area contributed by atoms with Crippen LogP contribution >= 0.6 is 0 Å². The van der Waals surface area contributed by atoms with E-state index in [0.717, 1.165) is 34.9 Å². The molecule has 0 N–H and O–H groups in total. The molecule has 4 heteroatoms. The number of carbonyl (C=O) groups excluding carboxylic acids is 1. The Morgan fingerprint density at radius 3 is 2.00 bits per heavy atom. The van der Waals surface area contributed by atoms with Gasteiger partial charge in [-0.15, -0.1) is 0 Å². The van der Waals surface area contributed by atoms with Crippen molar-refractivity contribution in [3.05, 3.63) is 161 Å². The molecule has 0 amide bonds. The maximum atomic E-state index is 13.3. The zero-order chi connectivity index (χ0) is 32.6. The van der Waals surface area contributed by atoms with Crippen molar-refractivity contribution in [2.24, 2.45) is 0 Å². The fraction of sp³-hybridized carbons (Fsp3) is 0.159. The van der Waals surface area contributed by atoms with Crippen molar-refractivity contribution in [1.29, 1.82) is 0 Å². The van der Waals surface area contributed by atoms with Crippen LogP contribution in [0.4, 0.5) is 0 Å². The molecule has 2 heterocycles. The normalized spacial score (nSPS) is 15.8. The average Bonchev–Trinajstić information content (AvgIpc) is 3.38. The van der Waals surface area contributed by atoms with Gasteiger partial charge in [0.15, 0.2) is 28.8 Å². The van der Waals surface area contributed by atoms with Crippen LogP contribution in [0, 0.1) is 0 Å². The molecule has 9 rings (SSSR count). The lowest BCUT2D eigenvalue weighted by molar-refractivity contribution is 0.103. The second-order valence-corrected chi connectivity index (χ2v) is 13.6. The minimum absolute atomic E-state index is 0.0142. The lowest BCUT2D eigenvalue weighted by atomic mass is 9.75. The number of aromatic nitrogens is 1. The fourth-order valence-electron chi connectivity index (χ4n) is 7.98. The number of para-hydroxylation sites is 2. The Balaban J connectivity index is 1.28. The van der Waals surface area contributed by atoms with E-state index in [2.05, 4.69) is 86.0 Å². The van der Waals surface area contributed by atoms with Gasteiger partial charge in [-0.2, -0.15) is 0 Å². The quantitative estimate of drug-likeness (QED) is 0.183. The van der Waals surface area contributed by atoms with Gasteiger partial charge in [0.1, 0.15) is 0 Å². The Labute approximate surface area is 280 Å². The summed E-state index contributed by atoms with van der Waals surface area (Å²) in [7, 11) is 0. The molecule has 1 aliphatic carbocycles. The minimum Gasteiger partial charge on any atom is -0.449 e. The topological polar surface area (TPSA) is 40.5 Å². The molecular weight excluding hydrogens is 590 g/mol. The summed E-state index contributed by atoms with van der Waals surface area (Å²) in [6.45, 7) is 7.04. The van der Waals surface area contributed by atoms with E-state index in [1.165, 1.54) is 27.6 Å². The molecule has 6 aromatic carbocycles. The van der Waals surface area contributed by atoms with Crippen LogP contribution < -0.4 is 9.47 Å². The van der Waals surface area contributed by atoms with Gasteiger partial charge in [-0.3, -0.25) is 4.79 Å². The van der Waals surface area contributed by atoms with E-state index in [4.69, 9.17) is 9.47 Å². The van der Waals surface area contributed by atoms with E-state index < -0.39 is 0 Å². The van der Waals surface area contributed by atoms with Crippen LogP contribution in [0.1, 0.15) is 71.3 Å². The number of hydrogen-bond donors (Lipinski definition) is 0. The number of ether oxygens (including phenoxy) is 2. The molecule has 0 saturated heterocycles. The van der Waals surface area contributed by atoms with Crippen molar-refractivity contribution < 1.29 is 14.3 Å². The van der Waals surface area contributed by atoms with Crippen LogP contribution in [0.2, 0.25) is 0 Å². The maximum absolute atomic E-state index is 13.3. The summed E-state index contributed by atoms with van der Waals surface area (Å²) in [4.78, 5) is 13.3. The predicted octanol–water partition coefficient (Wildman–Crippen LogP) is 11.3. The second-order valence-electron chi connectivity index (χ2n) is 13.6. The van der Waals surface area contributed by atoms with Gasteiger partial charge in [0.05, 0.1) is 11.0 Å². The lowest BCUT2D eigenvalue weighted by Crippen LogP contribution is -2.20. The number of carbonyl (C=O) groups is 1. The highest BCUT2D eigenvalue weighted by molar-refractivity contribution is 6.12. The summed E-state index contributed by atoms with van der Waals surface area (Å²) in [5.74, 6) is 3.25. The largest absolute Gasteiger partial charge is 0.449 e. The molecule has 2 aliphatic rings. The van der Waals surface area contributed by atoms with Crippen molar-refractivity contribution >= 4 is 27.6 Å². The average molecular weight is 626 g/mol. The van der Waals surface area contributed by atoms with Gasteiger partial charge >= 0.3 is 0 Å². The minimum atomic E-state index is -0.176. The zero-order valence-electron chi connectivity index (χ0n) is 27.3. The molecule has 48 heavy (non-hydrogen) atoms. The third-order valence-electron chi connectivity index (χ3n) is 10.5. The summed E-state index contributed by atoms with van der Waals surface area (Å²) in [6, 6.07) is 43.3. The third-order valence-corrected chi connectivity index (χ3v) is 10.5. The van der Waals surface area contributed by atoms with Crippen molar-refractivity contribution in [1.82, 2.24) is 4.57 Å². The highest BCUT2D eigenvalue weighted by Crippen LogP contribution is 2.50. The van der Waals surface area contributed by atoms with E-state index in [1.807, 2.05) is 66.7 Å². The van der Waals surface area contributed by atoms with Gasteiger partial charge in [-0.05, 0) is 95.6 Å². The lowest BCUT2D eigenvalue weighted by Gasteiger charge is -2.29. The number of nitrogens with zero attached hydrogens (tertiary/aromatic N) is 1.